The van der Waals surface area contributed by atoms with Gasteiger partial charge in [-0.05, 0) is 31.2 Å². The molecular formula is C14H17ClN2O. The molecule has 4 heteroatoms. The number of piperazine rings is 1. The first-order valence-corrected chi connectivity index (χ1v) is 6.50. The first kappa shape index (κ1) is 13.0. The predicted molar refractivity (Wildman–Crippen MR) is 75.1 cm³/mol. The van der Waals surface area contributed by atoms with Gasteiger partial charge in [0.25, 0.3) is 0 Å². The highest BCUT2D eigenvalue weighted by Crippen LogP contribution is 2.20. The Morgan fingerprint density at radius 2 is 2.00 bits per heavy atom. The summed E-state index contributed by atoms with van der Waals surface area (Å²) in [7, 11) is 0. The van der Waals surface area contributed by atoms with Gasteiger partial charge in [-0.2, -0.15) is 0 Å². The predicted octanol–water partition coefficient (Wildman–Crippen LogP) is 2.56. The van der Waals surface area contributed by atoms with Crippen LogP contribution in [0.25, 0.3) is 0 Å². The Bertz CT molecular complexity index is 451. The van der Waals surface area contributed by atoms with Crippen molar-refractivity contribution in [1.29, 1.82) is 0 Å². The number of hydrogen-bond donors (Lipinski definition) is 0. The van der Waals surface area contributed by atoms with Crippen molar-refractivity contribution in [2.45, 2.75) is 6.92 Å². The number of carbonyl (C=O) groups excluding carboxylic acids is 1. The molecule has 0 aromatic heterocycles. The van der Waals surface area contributed by atoms with Crippen LogP contribution in [0.15, 0.2) is 36.4 Å². The highest BCUT2D eigenvalue weighted by atomic mass is 35.5. The maximum Gasteiger partial charge on any atom is 0.246 e. The molecule has 3 nitrogen and oxygen atoms in total. The molecule has 0 atom stereocenters. The van der Waals surface area contributed by atoms with E-state index in [9.17, 15) is 4.79 Å². The Morgan fingerprint density at radius 3 is 2.61 bits per heavy atom. The maximum absolute atomic E-state index is 11.7. The number of nitrogens with zero attached hydrogens (tertiary/aromatic N) is 2. The number of halogens is 1. The number of rotatable bonds is 2. The van der Waals surface area contributed by atoms with Crippen molar-refractivity contribution in [3.05, 3.63) is 41.4 Å². The van der Waals surface area contributed by atoms with Gasteiger partial charge >= 0.3 is 0 Å². The molecule has 0 radical (unpaired) electrons. The summed E-state index contributed by atoms with van der Waals surface area (Å²) < 4.78 is 0. The van der Waals surface area contributed by atoms with Crippen molar-refractivity contribution in [1.82, 2.24) is 4.90 Å². The summed E-state index contributed by atoms with van der Waals surface area (Å²) >= 11 is 5.98. The molecule has 0 aliphatic carbocycles. The number of amides is 1. The van der Waals surface area contributed by atoms with Gasteiger partial charge in [0.1, 0.15) is 0 Å². The van der Waals surface area contributed by atoms with Crippen LogP contribution in [0, 0.1) is 0 Å². The number of carbonyl (C=O) groups is 1. The smallest absolute Gasteiger partial charge is 0.246 e. The van der Waals surface area contributed by atoms with Crippen molar-refractivity contribution in [2.24, 2.45) is 0 Å². The summed E-state index contributed by atoms with van der Waals surface area (Å²) in [6.07, 6.45) is 3.40. The van der Waals surface area contributed by atoms with Gasteiger partial charge < -0.3 is 9.80 Å². The van der Waals surface area contributed by atoms with E-state index < -0.39 is 0 Å². The standard InChI is InChI=1S/C14H17ClN2O/c1-2-4-14(18)17-9-7-16(8-10-17)13-6-3-5-12(15)11-13/h2-6,11H,7-10H2,1H3. The van der Waals surface area contributed by atoms with Crippen LogP contribution in [-0.2, 0) is 4.79 Å². The van der Waals surface area contributed by atoms with Crippen molar-refractivity contribution in [3.63, 3.8) is 0 Å². The zero-order valence-corrected chi connectivity index (χ0v) is 11.2. The first-order chi connectivity index (χ1) is 8.70. The summed E-state index contributed by atoms with van der Waals surface area (Å²) in [5, 5.41) is 0.750. The number of allylic oxidation sites excluding steroid dienone is 1. The monoisotopic (exact) mass is 264 g/mol. The quantitative estimate of drug-likeness (QED) is 0.767. The minimum Gasteiger partial charge on any atom is -0.368 e. The highest BCUT2D eigenvalue weighted by molar-refractivity contribution is 6.30. The van der Waals surface area contributed by atoms with Crippen LogP contribution in [0.3, 0.4) is 0 Å². The van der Waals surface area contributed by atoms with Gasteiger partial charge in [0.05, 0.1) is 0 Å². The van der Waals surface area contributed by atoms with Gasteiger partial charge in [0.2, 0.25) is 5.91 Å². The minimum atomic E-state index is 0.100. The van der Waals surface area contributed by atoms with Gasteiger partial charge in [0.15, 0.2) is 0 Å². The lowest BCUT2D eigenvalue weighted by Crippen LogP contribution is -2.48. The van der Waals surface area contributed by atoms with Gasteiger partial charge in [0, 0.05) is 36.9 Å². The second kappa shape index (κ2) is 5.91. The average molecular weight is 265 g/mol. The number of anilines is 1. The highest BCUT2D eigenvalue weighted by Gasteiger charge is 2.19. The van der Waals surface area contributed by atoms with Crippen LogP contribution in [-0.4, -0.2) is 37.0 Å². The van der Waals surface area contributed by atoms with Crippen LogP contribution < -0.4 is 4.90 Å². The molecule has 1 aliphatic rings. The molecule has 0 saturated carbocycles. The molecule has 96 valence electrons. The van der Waals surface area contributed by atoms with Gasteiger partial charge in [-0.3, -0.25) is 4.79 Å². The number of benzene rings is 1. The molecule has 1 saturated heterocycles. The second-order valence-electron chi connectivity index (χ2n) is 4.29. The van der Waals surface area contributed by atoms with E-state index in [1.54, 1.807) is 12.2 Å². The molecular weight excluding hydrogens is 248 g/mol. The molecule has 2 rings (SSSR count). The fraction of sp³-hybridized carbons (Fsp3) is 0.357. The SMILES string of the molecule is CC=CC(=O)N1CCN(c2cccc(Cl)c2)CC1. The molecule has 1 aromatic carbocycles. The van der Waals surface area contributed by atoms with Gasteiger partial charge in [-0.1, -0.05) is 23.7 Å². The van der Waals surface area contributed by atoms with Crippen LogP contribution in [0.2, 0.25) is 5.02 Å². The molecule has 1 amide bonds. The maximum atomic E-state index is 11.7. The summed E-state index contributed by atoms with van der Waals surface area (Å²) in [5.74, 6) is 0.100. The molecule has 0 unspecified atom stereocenters. The van der Waals surface area contributed by atoms with E-state index in [1.807, 2.05) is 30.0 Å². The van der Waals surface area contributed by atoms with Crippen LogP contribution in [0.5, 0.6) is 0 Å². The topological polar surface area (TPSA) is 23.6 Å². The fourth-order valence-corrected chi connectivity index (χ4v) is 2.29. The molecule has 0 spiro atoms. The van der Waals surface area contributed by atoms with Crippen molar-refractivity contribution in [3.8, 4) is 0 Å². The van der Waals surface area contributed by atoms with E-state index >= 15 is 0 Å². The molecule has 1 fully saturated rings. The molecule has 1 aromatic rings. The average Bonchev–Trinajstić information content (AvgIpc) is 2.39. The Balaban J connectivity index is 1.96. The normalized spacial score (nSPS) is 16.3. The molecule has 1 aliphatic heterocycles. The van der Waals surface area contributed by atoms with Gasteiger partial charge in [-0.15, -0.1) is 0 Å². The van der Waals surface area contributed by atoms with E-state index in [-0.39, 0.29) is 5.91 Å². The summed E-state index contributed by atoms with van der Waals surface area (Å²) in [4.78, 5) is 15.8. The van der Waals surface area contributed by atoms with Crippen molar-refractivity contribution >= 4 is 23.2 Å². The minimum absolute atomic E-state index is 0.100. The Kier molecular flexibility index (Phi) is 4.26. The Morgan fingerprint density at radius 1 is 1.28 bits per heavy atom. The van der Waals surface area contributed by atoms with E-state index in [0.29, 0.717) is 0 Å². The lowest BCUT2D eigenvalue weighted by atomic mass is 10.2. The first-order valence-electron chi connectivity index (χ1n) is 6.13. The zero-order chi connectivity index (χ0) is 13.0. The van der Waals surface area contributed by atoms with E-state index in [0.717, 1.165) is 36.9 Å². The lowest BCUT2D eigenvalue weighted by molar-refractivity contribution is -0.126. The van der Waals surface area contributed by atoms with Crippen molar-refractivity contribution in [2.75, 3.05) is 31.1 Å². The summed E-state index contributed by atoms with van der Waals surface area (Å²) in [5.41, 5.74) is 1.13. The van der Waals surface area contributed by atoms with Crippen molar-refractivity contribution < 1.29 is 4.79 Å². The lowest BCUT2D eigenvalue weighted by Gasteiger charge is -2.35. The largest absolute Gasteiger partial charge is 0.368 e. The Hall–Kier alpha value is -1.48. The molecule has 0 N–H and O–H groups in total. The third-order valence-corrected chi connectivity index (χ3v) is 3.31. The van der Waals surface area contributed by atoms with Crippen LogP contribution in [0.1, 0.15) is 6.92 Å². The third-order valence-electron chi connectivity index (χ3n) is 3.07. The van der Waals surface area contributed by atoms with Gasteiger partial charge in [-0.25, -0.2) is 0 Å². The summed E-state index contributed by atoms with van der Waals surface area (Å²) in [6, 6.07) is 7.84. The summed E-state index contributed by atoms with van der Waals surface area (Å²) in [6.45, 7) is 5.08. The van der Waals surface area contributed by atoms with Crippen LogP contribution >= 0.6 is 11.6 Å². The van der Waals surface area contributed by atoms with E-state index in [2.05, 4.69) is 11.0 Å². The fourth-order valence-electron chi connectivity index (χ4n) is 2.11. The van der Waals surface area contributed by atoms with Crippen LogP contribution in [0.4, 0.5) is 5.69 Å². The third kappa shape index (κ3) is 3.05. The zero-order valence-electron chi connectivity index (χ0n) is 10.5. The molecule has 0 bridgehead atoms. The Labute approximate surface area is 113 Å². The second-order valence-corrected chi connectivity index (χ2v) is 4.73. The molecule has 18 heavy (non-hydrogen) atoms. The van der Waals surface area contributed by atoms with E-state index in [1.165, 1.54) is 0 Å². The number of hydrogen-bond acceptors (Lipinski definition) is 2. The van der Waals surface area contributed by atoms with E-state index in [4.69, 9.17) is 11.6 Å². The molecule has 1 heterocycles.